The van der Waals surface area contributed by atoms with Crippen LogP contribution in [0.25, 0.3) is 0 Å². The lowest BCUT2D eigenvalue weighted by Crippen LogP contribution is -2.68. The van der Waals surface area contributed by atoms with Gasteiger partial charge in [0.1, 0.15) is 5.78 Å². The average molecular weight is 463 g/mol. The summed E-state index contributed by atoms with van der Waals surface area (Å²) in [5.41, 5.74) is 0.222. The summed E-state index contributed by atoms with van der Waals surface area (Å²) in [7, 11) is 0. The zero-order chi connectivity index (χ0) is 26.0. The third-order valence-electron chi connectivity index (χ3n) is 7.38. The Labute approximate surface area is 205 Å². The third-order valence-corrected chi connectivity index (χ3v) is 7.38. The maximum atomic E-state index is 12.9. The Bertz CT molecular complexity index is 688. The third kappa shape index (κ3) is 7.36. The first-order valence-corrected chi connectivity index (χ1v) is 13.3. The number of carbonyl (C=O) groups is 1. The maximum absolute atomic E-state index is 12.9. The first-order chi connectivity index (χ1) is 15.4. The molecule has 1 saturated heterocycles. The van der Waals surface area contributed by atoms with Crippen LogP contribution >= 0.6 is 0 Å². The molecule has 0 aliphatic carbocycles. The Morgan fingerprint density at radius 3 is 2.03 bits per heavy atom. The molecule has 4 unspecified atom stereocenters. The van der Waals surface area contributed by atoms with Crippen LogP contribution in [-0.4, -0.2) is 32.5 Å². The molecule has 2 rings (SSSR count). The number of nitrogens with zero attached hydrogens (tertiary/aromatic N) is 2. The fraction of sp³-hybridized carbons (Fsp3) is 0.793. The van der Waals surface area contributed by atoms with E-state index < -0.39 is 5.60 Å². The lowest BCUT2D eigenvalue weighted by molar-refractivity contribution is -0.343. The van der Waals surface area contributed by atoms with Gasteiger partial charge in [0.2, 0.25) is 0 Å². The van der Waals surface area contributed by atoms with Gasteiger partial charge in [-0.15, -0.1) is 0 Å². The van der Waals surface area contributed by atoms with Crippen LogP contribution in [0.2, 0.25) is 0 Å². The minimum Gasteiger partial charge on any atom is -0.299 e. The molecule has 0 radical (unpaired) electrons. The zero-order valence-corrected chi connectivity index (χ0v) is 24.1. The number of piperidine rings is 1. The highest BCUT2D eigenvalue weighted by atomic mass is 16.7. The second kappa shape index (κ2) is 13.6. The van der Waals surface area contributed by atoms with E-state index in [0.29, 0.717) is 18.1 Å². The lowest BCUT2D eigenvalue weighted by Gasteiger charge is -2.58. The number of aromatic nitrogens is 1. The van der Waals surface area contributed by atoms with Crippen LogP contribution in [0.1, 0.15) is 127 Å². The van der Waals surface area contributed by atoms with Crippen molar-refractivity contribution in [3.05, 3.63) is 30.1 Å². The van der Waals surface area contributed by atoms with Crippen molar-refractivity contribution in [1.82, 2.24) is 10.0 Å². The number of pyridine rings is 1. The molecule has 4 atom stereocenters. The number of ketones is 1. The fourth-order valence-electron chi connectivity index (χ4n) is 4.86. The molecule has 0 aromatic carbocycles. The van der Waals surface area contributed by atoms with Crippen LogP contribution < -0.4 is 0 Å². The van der Waals surface area contributed by atoms with E-state index in [2.05, 4.69) is 84.5 Å². The first kappa shape index (κ1) is 31.7. The Balaban J connectivity index is 0.00000242. The zero-order valence-electron chi connectivity index (χ0n) is 24.1. The van der Waals surface area contributed by atoms with Gasteiger partial charge in [-0.1, -0.05) is 62.3 Å². The van der Waals surface area contributed by atoms with Gasteiger partial charge in [0, 0.05) is 30.7 Å². The van der Waals surface area contributed by atoms with Crippen LogP contribution in [0, 0.1) is 11.8 Å². The molecular formula is C29H54N2O2. The van der Waals surface area contributed by atoms with Crippen molar-refractivity contribution in [2.75, 3.05) is 0 Å². The molecule has 0 spiro atoms. The molecule has 192 valence electrons. The maximum Gasteiger partial charge on any atom is 0.139 e. The van der Waals surface area contributed by atoms with Crippen LogP contribution in [0.5, 0.6) is 0 Å². The topological polar surface area (TPSA) is 42.4 Å². The number of carbonyl (C=O) groups excluding carboxylic acids is 1. The van der Waals surface area contributed by atoms with E-state index in [4.69, 9.17) is 4.84 Å². The van der Waals surface area contributed by atoms with Gasteiger partial charge in [-0.2, -0.15) is 5.06 Å². The fourth-order valence-corrected chi connectivity index (χ4v) is 4.86. The van der Waals surface area contributed by atoms with Gasteiger partial charge in [0.15, 0.2) is 0 Å². The predicted octanol–water partition coefficient (Wildman–Crippen LogP) is 8.22. The molecule has 1 aliphatic heterocycles. The van der Waals surface area contributed by atoms with E-state index in [9.17, 15) is 4.79 Å². The smallest absolute Gasteiger partial charge is 0.139 e. The number of hydroxylamine groups is 2. The van der Waals surface area contributed by atoms with Crippen LogP contribution in [0.15, 0.2) is 24.5 Å². The summed E-state index contributed by atoms with van der Waals surface area (Å²) < 4.78 is 0. The van der Waals surface area contributed by atoms with Crippen molar-refractivity contribution in [3.8, 4) is 0 Å². The molecule has 0 saturated carbocycles. The van der Waals surface area contributed by atoms with E-state index in [0.717, 1.165) is 19.3 Å². The van der Waals surface area contributed by atoms with Crippen molar-refractivity contribution < 1.29 is 9.63 Å². The van der Waals surface area contributed by atoms with Gasteiger partial charge in [-0.05, 0) is 70.6 Å². The second-order valence-electron chi connectivity index (χ2n) is 10.4. The number of rotatable bonds is 8. The van der Waals surface area contributed by atoms with Crippen molar-refractivity contribution >= 4 is 5.78 Å². The average Bonchev–Trinajstić information content (AvgIpc) is 2.82. The summed E-state index contributed by atoms with van der Waals surface area (Å²) in [6.07, 6.45) is 7.06. The Morgan fingerprint density at radius 2 is 1.61 bits per heavy atom. The van der Waals surface area contributed by atoms with E-state index >= 15 is 0 Å². The highest BCUT2D eigenvalue weighted by Gasteiger charge is 2.55. The number of hydrogen-bond donors (Lipinski definition) is 0. The Hall–Kier alpha value is -1.26. The molecule has 33 heavy (non-hydrogen) atoms. The van der Waals surface area contributed by atoms with E-state index in [1.807, 2.05) is 40.1 Å². The molecule has 4 heteroatoms. The van der Waals surface area contributed by atoms with Crippen molar-refractivity contribution in [2.45, 2.75) is 138 Å². The van der Waals surface area contributed by atoms with Crippen LogP contribution in [0.3, 0.4) is 0 Å². The number of hydrogen-bond acceptors (Lipinski definition) is 4. The molecule has 0 N–H and O–H groups in total. The summed E-state index contributed by atoms with van der Waals surface area (Å²) in [5, 5.41) is 2.22. The SMILES string of the molecule is CC.CC.CCC1(C)CC(=O)C(C)C(C)(CC)N1OC(C)(C)C(CC(C)C)c1ccncc1. The molecule has 2 heterocycles. The molecule has 1 aliphatic rings. The molecule has 1 aromatic rings. The summed E-state index contributed by atoms with van der Waals surface area (Å²) in [6.45, 7) is 27.7. The van der Waals surface area contributed by atoms with Gasteiger partial charge >= 0.3 is 0 Å². The van der Waals surface area contributed by atoms with Gasteiger partial charge in [-0.25, -0.2) is 0 Å². The van der Waals surface area contributed by atoms with Crippen molar-refractivity contribution in [3.63, 3.8) is 0 Å². The predicted molar refractivity (Wildman–Crippen MR) is 142 cm³/mol. The second-order valence-corrected chi connectivity index (χ2v) is 10.4. The molecular weight excluding hydrogens is 408 g/mol. The Kier molecular flexibility index (Phi) is 13.1. The highest BCUT2D eigenvalue weighted by Crippen LogP contribution is 2.47. The molecule has 0 bridgehead atoms. The normalized spacial score (nSPS) is 26.7. The molecule has 0 amide bonds. The van der Waals surface area contributed by atoms with Gasteiger partial charge < -0.3 is 0 Å². The largest absolute Gasteiger partial charge is 0.299 e. The first-order valence-electron chi connectivity index (χ1n) is 13.3. The van der Waals surface area contributed by atoms with E-state index in [-0.39, 0.29) is 22.9 Å². The van der Waals surface area contributed by atoms with Crippen LogP contribution in [-0.2, 0) is 9.63 Å². The van der Waals surface area contributed by atoms with Gasteiger partial charge in [0.25, 0.3) is 0 Å². The molecule has 4 nitrogen and oxygen atoms in total. The summed E-state index contributed by atoms with van der Waals surface area (Å²) in [5.74, 6) is 1.09. The highest BCUT2D eigenvalue weighted by molar-refractivity contribution is 5.84. The monoisotopic (exact) mass is 462 g/mol. The summed E-state index contributed by atoms with van der Waals surface area (Å²) in [6, 6.07) is 4.22. The minimum atomic E-state index is -0.418. The summed E-state index contributed by atoms with van der Waals surface area (Å²) in [4.78, 5) is 24.1. The van der Waals surface area contributed by atoms with Gasteiger partial charge in [-0.3, -0.25) is 14.6 Å². The van der Waals surface area contributed by atoms with Crippen molar-refractivity contribution in [1.29, 1.82) is 0 Å². The molecule has 1 aromatic heterocycles. The summed E-state index contributed by atoms with van der Waals surface area (Å²) >= 11 is 0. The number of Topliss-reactive ketones (excluding diaryl/α,β-unsaturated/α-hetero) is 1. The minimum absolute atomic E-state index is 0.0487. The Morgan fingerprint density at radius 1 is 1.09 bits per heavy atom. The molecule has 1 fully saturated rings. The standard InChI is InChI=1S/C25H42N2O2.2C2H6/c1-10-24(8)17-22(28)19(5)25(9,11-2)27(24)29-23(6,7)21(16-18(3)4)20-12-14-26-15-13-20;2*1-2/h12-15,18-19,21H,10-11,16-17H2,1-9H3;2*1-2H3. The lowest BCUT2D eigenvalue weighted by atomic mass is 9.70. The van der Waals surface area contributed by atoms with E-state index in [1.54, 1.807) is 0 Å². The van der Waals surface area contributed by atoms with Crippen LogP contribution in [0.4, 0.5) is 0 Å². The van der Waals surface area contributed by atoms with E-state index in [1.165, 1.54) is 5.56 Å². The van der Waals surface area contributed by atoms with Gasteiger partial charge in [0.05, 0.1) is 16.7 Å². The van der Waals surface area contributed by atoms with Crippen molar-refractivity contribution in [2.24, 2.45) is 11.8 Å². The quantitative estimate of drug-likeness (QED) is 0.390.